The van der Waals surface area contributed by atoms with E-state index in [-0.39, 0.29) is 6.10 Å². The molecule has 0 amide bonds. The topological polar surface area (TPSA) is 30.5 Å². The van der Waals surface area contributed by atoms with Crippen LogP contribution in [-0.2, 0) is 6.54 Å². The zero-order chi connectivity index (χ0) is 15.2. The molecule has 1 aliphatic rings. The van der Waals surface area contributed by atoms with Gasteiger partial charge in [0.25, 0.3) is 0 Å². The van der Waals surface area contributed by atoms with Gasteiger partial charge in [0.2, 0.25) is 0 Å². The zero-order valence-corrected chi connectivity index (χ0v) is 14.0. The summed E-state index contributed by atoms with van der Waals surface area (Å²) in [4.78, 5) is 0. The van der Waals surface area contributed by atoms with Crippen LogP contribution in [-0.4, -0.2) is 19.3 Å². The van der Waals surface area contributed by atoms with Crippen molar-refractivity contribution in [3.63, 3.8) is 0 Å². The second-order valence-electron chi connectivity index (χ2n) is 6.02. The van der Waals surface area contributed by atoms with Crippen LogP contribution in [0.15, 0.2) is 12.1 Å². The lowest BCUT2D eigenvalue weighted by Gasteiger charge is -2.25. The van der Waals surface area contributed by atoms with E-state index in [9.17, 15) is 0 Å². The highest BCUT2D eigenvalue weighted by Gasteiger charge is 2.19. The first-order valence-corrected chi connectivity index (χ1v) is 8.24. The third-order valence-electron chi connectivity index (χ3n) is 3.84. The van der Waals surface area contributed by atoms with Crippen LogP contribution in [0.4, 0.5) is 0 Å². The minimum atomic E-state index is 0.268. The Bertz CT molecular complexity index is 456. The number of hydrogen-bond donors (Lipinski definition) is 1. The molecular formula is C17H26ClNO2. The van der Waals surface area contributed by atoms with E-state index in [1.807, 2.05) is 12.1 Å². The van der Waals surface area contributed by atoms with Crippen molar-refractivity contribution in [2.45, 2.75) is 64.6 Å². The highest BCUT2D eigenvalue weighted by molar-refractivity contribution is 6.32. The van der Waals surface area contributed by atoms with E-state index < -0.39 is 0 Å². The molecular weight excluding hydrogens is 286 g/mol. The van der Waals surface area contributed by atoms with Crippen LogP contribution in [0, 0.1) is 0 Å². The van der Waals surface area contributed by atoms with Crippen molar-refractivity contribution in [2.24, 2.45) is 0 Å². The molecule has 0 bridgehead atoms. The predicted molar refractivity (Wildman–Crippen MR) is 87.5 cm³/mol. The highest BCUT2D eigenvalue weighted by Crippen LogP contribution is 2.38. The number of methoxy groups -OCH3 is 1. The maximum absolute atomic E-state index is 6.42. The summed E-state index contributed by atoms with van der Waals surface area (Å²) >= 11 is 6.42. The average molecular weight is 312 g/mol. The monoisotopic (exact) mass is 311 g/mol. The SMILES string of the molecule is COc1cc(CNC(C)C)cc(Cl)c1OC1CCCCC1. The quantitative estimate of drug-likeness (QED) is 0.835. The summed E-state index contributed by atoms with van der Waals surface area (Å²) in [7, 11) is 1.67. The second kappa shape index (κ2) is 7.90. The van der Waals surface area contributed by atoms with Gasteiger partial charge >= 0.3 is 0 Å². The molecule has 0 unspecified atom stereocenters. The molecule has 3 nitrogen and oxygen atoms in total. The van der Waals surface area contributed by atoms with E-state index in [2.05, 4.69) is 19.2 Å². The van der Waals surface area contributed by atoms with Gasteiger partial charge in [-0.05, 0) is 43.4 Å². The number of rotatable bonds is 6. The summed E-state index contributed by atoms with van der Waals surface area (Å²) in [6.07, 6.45) is 6.27. The van der Waals surface area contributed by atoms with Crippen LogP contribution in [0.5, 0.6) is 11.5 Å². The van der Waals surface area contributed by atoms with Crippen LogP contribution in [0.25, 0.3) is 0 Å². The Hall–Kier alpha value is -0.930. The fourth-order valence-electron chi connectivity index (χ4n) is 2.66. The normalized spacial score (nSPS) is 16.2. The Morgan fingerprint density at radius 1 is 1.24 bits per heavy atom. The Morgan fingerprint density at radius 2 is 1.95 bits per heavy atom. The van der Waals surface area contributed by atoms with Crippen LogP contribution >= 0.6 is 11.6 Å². The Kier molecular flexibility index (Phi) is 6.19. The first kappa shape index (κ1) is 16.4. The molecule has 118 valence electrons. The van der Waals surface area contributed by atoms with Gasteiger partial charge in [-0.2, -0.15) is 0 Å². The summed E-state index contributed by atoms with van der Waals surface area (Å²) < 4.78 is 11.6. The smallest absolute Gasteiger partial charge is 0.180 e. The van der Waals surface area contributed by atoms with E-state index in [4.69, 9.17) is 21.1 Å². The summed E-state index contributed by atoms with van der Waals surface area (Å²) in [5.41, 5.74) is 1.11. The Labute approximate surface area is 133 Å². The summed E-state index contributed by atoms with van der Waals surface area (Å²) in [6, 6.07) is 4.42. The van der Waals surface area contributed by atoms with Crippen molar-refractivity contribution in [2.75, 3.05) is 7.11 Å². The molecule has 0 saturated heterocycles. The fraction of sp³-hybridized carbons (Fsp3) is 0.647. The molecule has 1 aromatic rings. The number of benzene rings is 1. The van der Waals surface area contributed by atoms with Gasteiger partial charge < -0.3 is 14.8 Å². The molecule has 0 radical (unpaired) electrons. The van der Waals surface area contributed by atoms with Gasteiger partial charge in [0.05, 0.1) is 18.2 Å². The molecule has 0 heterocycles. The highest BCUT2D eigenvalue weighted by atomic mass is 35.5. The van der Waals surface area contributed by atoms with Crippen LogP contribution < -0.4 is 14.8 Å². The molecule has 0 aliphatic heterocycles. The van der Waals surface area contributed by atoms with Gasteiger partial charge in [0.15, 0.2) is 11.5 Å². The lowest BCUT2D eigenvalue weighted by Crippen LogP contribution is -2.22. The lowest BCUT2D eigenvalue weighted by atomic mass is 9.98. The molecule has 0 spiro atoms. The molecule has 1 aromatic carbocycles. The van der Waals surface area contributed by atoms with Crippen molar-refractivity contribution in [1.82, 2.24) is 5.32 Å². The molecule has 4 heteroatoms. The molecule has 2 rings (SSSR count). The third kappa shape index (κ3) is 4.79. The minimum absolute atomic E-state index is 0.268. The lowest BCUT2D eigenvalue weighted by molar-refractivity contribution is 0.149. The largest absolute Gasteiger partial charge is 0.493 e. The van der Waals surface area contributed by atoms with Crippen molar-refractivity contribution < 1.29 is 9.47 Å². The predicted octanol–water partition coefficient (Wildman–Crippen LogP) is 4.56. The number of halogens is 1. The Balaban J connectivity index is 2.12. The fourth-order valence-corrected chi connectivity index (χ4v) is 2.94. The molecule has 0 aromatic heterocycles. The molecule has 1 aliphatic carbocycles. The van der Waals surface area contributed by atoms with E-state index in [1.165, 1.54) is 19.3 Å². The van der Waals surface area contributed by atoms with Crippen molar-refractivity contribution >= 4 is 11.6 Å². The molecule has 1 N–H and O–H groups in total. The number of nitrogens with one attached hydrogen (secondary N) is 1. The minimum Gasteiger partial charge on any atom is -0.493 e. The zero-order valence-electron chi connectivity index (χ0n) is 13.2. The summed E-state index contributed by atoms with van der Waals surface area (Å²) in [5.74, 6) is 1.42. The van der Waals surface area contributed by atoms with Gasteiger partial charge in [-0.25, -0.2) is 0 Å². The maximum Gasteiger partial charge on any atom is 0.180 e. The molecule has 0 atom stereocenters. The molecule has 21 heavy (non-hydrogen) atoms. The number of hydrogen-bond acceptors (Lipinski definition) is 3. The third-order valence-corrected chi connectivity index (χ3v) is 4.12. The van der Waals surface area contributed by atoms with E-state index in [1.54, 1.807) is 7.11 Å². The number of ether oxygens (including phenoxy) is 2. The standard InChI is InChI=1S/C17H26ClNO2/c1-12(2)19-11-13-9-15(18)17(16(10-13)20-3)21-14-7-5-4-6-8-14/h9-10,12,14,19H,4-8,11H2,1-3H3. The molecule has 1 fully saturated rings. The Morgan fingerprint density at radius 3 is 2.57 bits per heavy atom. The van der Waals surface area contributed by atoms with Gasteiger partial charge in [-0.3, -0.25) is 0 Å². The second-order valence-corrected chi connectivity index (χ2v) is 6.43. The first-order valence-electron chi connectivity index (χ1n) is 7.86. The average Bonchev–Trinajstić information content (AvgIpc) is 2.48. The van der Waals surface area contributed by atoms with Gasteiger partial charge in [-0.15, -0.1) is 0 Å². The van der Waals surface area contributed by atoms with E-state index >= 15 is 0 Å². The van der Waals surface area contributed by atoms with Crippen LogP contribution in [0.1, 0.15) is 51.5 Å². The van der Waals surface area contributed by atoms with Crippen LogP contribution in [0.2, 0.25) is 5.02 Å². The van der Waals surface area contributed by atoms with Gasteiger partial charge in [0.1, 0.15) is 0 Å². The first-order chi connectivity index (χ1) is 10.1. The van der Waals surface area contributed by atoms with E-state index in [0.717, 1.165) is 30.7 Å². The summed E-state index contributed by atoms with van der Waals surface area (Å²) in [5, 5.41) is 4.03. The van der Waals surface area contributed by atoms with Crippen LogP contribution in [0.3, 0.4) is 0 Å². The van der Waals surface area contributed by atoms with Crippen molar-refractivity contribution in [3.8, 4) is 11.5 Å². The summed E-state index contributed by atoms with van der Waals surface area (Å²) in [6.45, 7) is 5.02. The van der Waals surface area contributed by atoms with Gasteiger partial charge in [-0.1, -0.05) is 31.9 Å². The van der Waals surface area contributed by atoms with E-state index in [0.29, 0.717) is 16.8 Å². The maximum atomic E-state index is 6.42. The molecule has 1 saturated carbocycles. The van der Waals surface area contributed by atoms with Crippen molar-refractivity contribution in [3.05, 3.63) is 22.7 Å². The van der Waals surface area contributed by atoms with Gasteiger partial charge in [0, 0.05) is 12.6 Å². The van der Waals surface area contributed by atoms with Crippen molar-refractivity contribution in [1.29, 1.82) is 0 Å².